The van der Waals surface area contributed by atoms with E-state index in [4.69, 9.17) is 9.15 Å². The predicted molar refractivity (Wildman–Crippen MR) is 149 cm³/mol. The first-order chi connectivity index (χ1) is 17.8. The number of methoxy groups -OCH3 is 1. The number of fused-ring (bicyclic) bond motifs is 1. The monoisotopic (exact) mass is 513 g/mol. The number of benzene rings is 3. The van der Waals surface area contributed by atoms with Crippen LogP contribution in [-0.4, -0.2) is 23.2 Å². The number of carbonyl (C=O) groups is 1. The van der Waals surface area contributed by atoms with Gasteiger partial charge in [-0.05, 0) is 45.2 Å². The number of phenols is 1. The molecule has 198 valence electrons. The van der Waals surface area contributed by atoms with Crippen molar-refractivity contribution >= 4 is 17.1 Å². The zero-order valence-electron chi connectivity index (χ0n) is 23.0. The smallest absolute Gasteiger partial charge is 0.359 e. The van der Waals surface area contributed by atoms with Crippen LogP contribution < -0.4 is 5.63 Å². The number of phenolic OH excluding ortho intramolecular Hbond substituents is 1. The summed E-state index contributed by atoms with van der Waals surface area (Å²) in [5, 5.41) is 11.3. The molecule has 1 aromatic heterocycles. The summed E-state index contributed by atoms with van der Waals surface area (Å²) in [7, 11) is 1.30. The second-order valence-corrected chi connectivity index (χ2v) is 11.7. The molecule has 2 atom stereocenters. The van der Waals surface area contributed by atoms with Crippen molar-refractivity contribution in [1.29, 1.82) is 0 Å². The maximum atomic E-state index is 13.5. The quantitative estimate of drug-likeness (QED) is 0.303. The van der Waals surface area contributed by atoms with Crippen molar-refractivity contribution in [1.82, 2.24) is 4.98 Å². The number of carbonyl (C=O) groups excluding carboxylic acids is 1. The first kappa shape index (κ1) is 27.1. The molecule has 0 radical (unpaired) electrons. The Morgan fingerprint density at radius 2 is 1.42 bits per heavy atom. The van der Waals surface area contributed by atoms with Crippen LogP contribution in [0, 0.1) is 0 Å². The number of aromatic hydroxyl groups is 1. The van der Waals surface area contributed by atoms with E-state index in [-0.39, 0.29) is 22.3 Å². The average Bonchev–Trinajstić information content (AvgIpc) is 2.86. The van der Waals surface area contributed by atoms with Crippen LogP contribution in [0.2, 0.25) is 0 Å². The second kappa shape index (κ2) is 10.1. The number of rotatable bonds is 5. The van der Waals surface area contributed by atoms with Gasteiger partial charge in [0.25, 0.3) is 0 Å². The van der Waals surface area contributed by atoms with Gasteiger partial charge in [0.2, 0.25) is 0 Å². The molecule has 1 N–H and O–H groups in total. The van der Waals surface area contributed by atoms with E-state index in [1.807, 2.05) is 84.0 Å². The molecule has 1 heterocycles. The molecular formula is C32H35NO5. The number of hydrogen-bond donors (Lipinski definition) is 1. The van der Waals surface area contributed by atoms with Crippen molar-refractivity contribution in [2.75, 3.05) is 7.11 Å². The van der Waals surface area contributed by atoms with Gasteiger partial charge in [0.05, 0.1) is 7.11 Å². The maximum Gasteiger partial charge on any atom is 0.359 e. The van der Waals surface area contributed by atoms with Crippen LogP contribution in [0.1, 0.15) is 81.3 Å². The average molecular weight is 514 g/mol. The van der Waals surface area contributed by atoms with Crippen molar-refractivity contribution in [2.45, 2.75) is 64.2 Å². The molecule has 2 unspecified atom stereocenters. The summed E-state index contributed by atoms with van der Waals surface area (Å²) >= 11 is 0. The van der Waals surface area contributed by atoms with Gasteiger partial charge in [-0.15, -0.1) is 0 Å². The lowest BCUT2D eigenvalue weighted by Gasteiger charge is -2.32. The highest BCUT2D eigenvalue weighted by Gasteiger charge is 2.39. The van der Waals surface area contributed by atoms with Gasteiger partial charge in [-0.2, -0.15) is 0 Å². The highest BCUT2D eigenvalue weighted by Crippen LogP contribution is 2.45. The van der Waals surface area contributed by atoms with Gasteiger partial charge < -0.3 is 14.3 Å². The Morgan fingerprint density at radius 3 is 1.97 bits per heavy atom. The molecule has 6 nitrogen and oxygen atoms in total. The molecule has 0 aliphatic rings. The van der Waals surface area contributed by atoms with Gasteiger partial charge in [-0.25, -0.2) is 9.78 Å². The Hall–Kier alpha value is -3.93. The van der Waals surface area contributed by atoms with Crippen LogP contribution in [-0.2, 0) is 20.4 Å². The lowest BCUT2D eigenvalue weighted by atomic mass is 9.73. The molecule has 0 saturated carbocycles. The third-order valence-electron chi connectivity index (χ3n) is 6.87. The number of ether oxygens (including phenoxy) is 1. The fourth-order valence-electron chi connectivity index (χ4n) is 4.91. The summed E-state index contributed by atoms with van der Waals surface area (Å²) in [5.41, 5.74) is 2.42. The lowest BCUT2D eigenvalue weighted by Crippen LogP contribution is -2.29. The van der Waals surface area contributed by atoms with Crippen molar-refractivity contribution in [2.24, 2.45) is 0 Å². The Balaban J connectivity index is 2.09. The van der Waals surface area contributed by atoms with Gasteiger partial charge in [0.1, 0.15) is 22.9 Å². The van der Waals surface area contributed by atoms with Crippen LogP contribution in [0.5, 0.6) is 5.75 Å². The Bertz CT molecular complexity index is 1490. The number of para-hydroxylation sites is 2. The third kappa shape index (κ3) is 5.21. The predicted octanol–water partition coefficient (Wildman–Crippen LogP) is 6.58. The van der Waals surface area contributed by atoms with E-state index in [1.54, 1.807) is 24.3 Å². The van der Waals surface area contributed by atoms with Gasteiger partial charge in [0.15, 0.2) is 5.58 Å². The molecule has 3 aromatic carbocycles. The molecule has 0 aliphatic heterocycles. The summed E-state index contributed by atoms with van der Waals surface area (Å²) in [6, 6.07) is 20.3. The van der Waals surface area contributed by atoms with Crippen LogP contribution in [0.25, 0.3) is 11.1 Å². The first-order valence-electron chi connectivity index (χ1n) is 12.7. The summed E-state index contributed by atoms with van der Waals surface area (Å²) in [5.74, 6) is -2.09. The minimum absolute atomic E-state index is 0.0212. The van der Waals surface area contributed by atoms with Crippen molar-refractivity contribution in [3.8, 4) is 5.75 Å². The zero-order chi connectivity index (χ0) is 27.8. The molecule has 0 spiro atoms. The van der Waals surface area contributed by atoms with Crippen LogP contribution in [0.4, 0.5) is 0 Å². The fourth-order valence-corrected chi connectivity index (χ4v) is 4.91. The number of esters is 1. The minimum Gasteiger partial charge on any atom is -0.507 e. The second-order valence-electron chi connectivity index (χ2n) is 11.7. The number of nitrogens with zero attached hydrogens (tertiary/aromatic N) is 1. The van der Waals surface area contributed by atoms with E-state index in [9.17, 15) is 14.7 Å². The molecule has 0 saturated heterocycles. The van der Waals surface area contributed by atoms with Crippen LogP contribution in [0.3, 0.4) is 0 Å². The molecule has 0 amide bonds. The van der Waals surface area contributed by atoms with Gasteiger partial charge in [-0.1, -0.05) is 96.1 Å². The first-order valence-corrected chi connectivity index (χ1v) is 12.7. The van der Waals surface area contributed by atoms with E-state index in [2.05, 4.69) is 4.98 Å². The fraction of sp³-hybridized carbons (Fsp3) is 0.344. The third-order valence-corrected chi connectivity index (χ3v) is 6.87. The van der Waals surface area contributed by atoms with Crippen molar-refractivity contribution in [3.63, 3.8) is 0 Å². The van der Waals surface area contributed by atoms with E-state index < -0.39 is 23.4 Å². The van der Waals surface area contributed by atoms with Gasteiger partial charge in [-0.3, -0.25) is 4.79 Å². The molecule has 0 bridgehead atoms. The molecule has 0 fully saturated rings. The van der Waals surface area contributed by atoms with E-state index in [0.717, 1.165) is 22.3 Å². The molecule has 6 heteroatoms. The molecule has 0 aliphatic carbocycles. The molecular weight excluding hydrogens is 478 g/mol. The van der Waals surface area contributed by atoms with Crippen LogP contribution >= 0.6 is 0 Å². The maximum absolute atomic E-state index is 13.5. The van der Waals surface area contributed by atoms with Crippen LogP contribution in [0.15, 0.2) is 75.9 Å². The lowest BCUT2D eigenvalue weighted by molar-refractivity contribution is -0.143. The minimum atomic E-state index is -1.09. The van der Waals surface area contributed by atoms with Gasteiger partial charge in [0, 0.05) is 5.92 Å². The zero-order valence-corrected chi connectivity index (χ0v) is 23.0. The van der Waals surface area contributed by atoms with E-state index in [1.165, 1.54) is 7.11 Å². The number of hydrogen-bond acceptors (Lipinski definition) is 6. The van der Waals surface area contributed by atoms with Crippen molar-refractivity contribution < 1.29 is 19.1 Å². The summed E-state index contributed by atoms with van der Waals surface area (Å²) in [6.45, 7) is 12.2. The largest absolute Gasteiger partial charge is 0.507 e. The summed E-state index contributed by atoms with van der Waals surface area (Å²) in [4.78, 5) is 31.4. The standard InChI is InChI=1S/C32H35NO5/c1-31(2,3)21-17-20(18-22(28(21)34)32(4,5)6)25(19-13-9-8-10-14-19)26(29(35)37-7)27-30(36)38-24-16-12-11-15-23(24)33-27/h8-18,25-26,34H,1-7H3. The van der Waals surface area contributed by atoms with Crippen molar-refractivity contribution in [3.05, 3.63) is 105 Å². The molecule has 4 aromatic rings. The Morgan fingerprint density at radius 1 is 0.868 bits per heavy atom. The van der Waals surface area contributed by atoms with Gasteiger partial charge >= 0.3 is 11.6 Å². The SMILES string of the molecule is COC(=O)C(c1nc2ccccc2oc1=O)C(c1ccccc1)c1cc(C(C)(C)C)c(O)c(C(C)(C)C)c1. The van der Waals surface area contributed by atoms with E-state index in [0.29, 0.717) is 11.1 Å². The topological polar surface area (TPSA) is 89.6 Å². The normalized spacial score (nSPS) is 13.8. The summed E-state index contributed by atoms with van der Waals surface area (Å²) < 4.78 is 10.9. The highest BCUT2D eigenvalue weighted by molar-refractivity contribution is 5.81. The Kier molecular flexibility index (Phi) is 7.20. The summed E-state index contributed by atoms with van der Waals surface area (Å²) in [6.07, 6.45) is 0. The number of aromatic nitrogens is 1. The van der Waals surface area contributed by atoms with E-state index >= 15 is 0 Å². The molecule has 38 heavy (non-hydrogen) atoms. The molecule has 4 rings (SSSR count). The highest BCUT2D eigenvalue weighted by atomic mass is 16.5. The Labute approximate surface area is 223 Å².